The van der Waals surface area contributed by atoms with E-state index in [1.807, 2.05) is 0 Å². The molecule has 1 aliphatic carbocycles. The average molecular weight is 301 g/mol. The number of hydrogen-bond acceptors (Lipinski definition) is 4. The lowest BCUT2D eigenvalue weighted by atomic mass is 10.2. The molecule has 118 valence electrons. The molecule has 21 heavy (non-hydrogen) atoms. The van der Waals surface area contributed by atoms with Gasteiger partial charge in [-0.25, -0.2) is 0 Å². The Morgan fingerprint density at radius 2 is 2.00 bits per heavy atom. The van der Waals surface area contributed by atoms with Crippen molar-refractivity contribution in [2.45, 2.75) is 51.9 Å². The second-order valence-electron chi connectivity index (χ2n) is 4.94. The Morgan fingerprint density at radius 3 is 2.67 bits per heavy atom. The number of alkyl halides is 2. The smallest absolute Gasteiger partial charge is 0.387 e. The van der Waals surface area contributed by atoms with Crippen LogP contribution in [0.1, 0.15) is 38.2 Å². The van der Waals surface area contributed by atoms with Gasteiger partial charge in [0.2, 0.25) is 0 Å². The fraction of sp³-hybridized carbons (Fsp3) is 0.600. The van der Waals surface area contributed by atoms with Crippen LogP contribution in [0.15, 0.2) is 18.2 Å². The van der Waals surface area contributed by atoms with Crippen molar-refractivity contribution < 1.29 is 23.1 Å². The zero-order chi connectivity index (χ0) is 15.1. The second kappa shape index (κ2) is 8.14. The lowest BCUT2D eigenvalue weighted by Gasteiger charge is -2.14. The van der Waals surface area contributed by atoms with Crippen molar-refractivity contribution in [3.63, 3.8) is 0 Å². The summed E-state index contributed by atoms with van der Waals surface area (Å²) in [5, 5.41) is 0. The predicted octanol–water partition coefficient (Wildman–Crippen LogP) is 3.65. The Kier molecular flexibility index (Phi) is 6.20. The highest BCUT2D eigenvalue weighted by Gasteiger charge is 2.16. The molecule has 1 aromatic rings. The zero-order valence-corrected chi connectivity index (χ0v) is 12.1. The fourth-order valence-corrected chi connectivity index (χ4v) is 2.37. The summed E-state index contributed by atoms with van der Waals surface area (Å²) in [6, 6.07) is 4.89. The van der Waals surface area contributed by atoms with Crippen LogP contribution in [-0.2, 0) is 11.4 Å². The van der Waals surface area contributed by atoms with Crippen LogP contribution in [-0.4, -0.2) is 19.3 Å². The summed E-state index contributed by atoms with van der Waals surface area (Å²) >= 11 is 0. The van der Waals surface area contributed by atoms with E-state index in [4.69, 9.17) is 9.57 Å². The molecular weight excluding hydrogens is 280 g/mol. The molecule has 2 rings (SSSR count). The summed E-state index contributed by atoms with van der Waals surface area (Å²) < 4.78 is 34.4. The van der Waals surface area contributed by atoms with E-state index in [9.17, 15) is 8.78 Å². The third-order valence-corrected chi connectivity index (χ3v) is 3.35. The van der Waals surface area contributed by atoms with Crippen molar-refractivity contribution in [2.24, 2.45) is 0 Å². The van der Waals surface area contributed by atoms with Crippen molar-refractivity contribution in [1.29, 1.82) is 0 Å². The molecule has 1 N–H and O–H groups in total. The van der Waals surface area contributed by atoms with Gasteiger partial charge >= 0.3 is 6.61 Å². The van der Waals surface area contributed by atoms with Crippen molar-refractivity contribution in [1.82, 2.24) is 5.48 Å². The number of halogens is 2. The van der Waals surface area contributed by atoms with Crippen LogP contribution < -0.4 is 15.0 Å². The maximum atomic E-state index is 12.3. The van der Waals surface area contributed by atoms with E-state index in [1.54, 1.807) is 19.1 Å². The van der Waals surface area contributed by atoms with Crippen LogP contribution in [0.4, 0.5) is 8.78 Å². The molecule has 0 aliphatic heterocycles. The molecule has 1 fully saturated rings. The maximum absolute atomic E-state index is 12.3. The molecule has 0 heterocycles. The molecule has 4 nitrogen and oxygen atoms in total. The van der Waals surface area contributed by atoms with Crippen LogP contribution in [0.25, 0.3) is 0 Å². The maximum Gasteiger partial charge on any atom is 0.387 e. The first-order chi connectivity index (χ1) is 10.2. The van der Waals surface area contributed by atoms with Gasteiger partial charge in [0.05, 0.1) is 12.7 Å². The van der Waals surface area contributed by atoms with Gasteiger partial charge in [-0.1, -0.05) is 18.9 Å². The summed E-state index contributed by atoms with van der Waals surface area (Å²) in [6.45, 7) is -0.195. The van der Waals surface area contributed by atoms with Gasteiger partial charge in [-0.05, 0) is 37.5 Å². The molecule has 0 unspecified atom stereocenters. The van der Waals surface area contributed by atoms with Crippen LogP contribution in [0, 0.1) is 0 Å². The van der Waals surface area contributed by atoms with Crippen LogP contribution in [0.5, 0.6) is 11.5 Å². The third-order valence-electron chi connectivity index (χ3n) is 3.35. The summed E-state index contributed by atoms with van der Waals surface area (Å²) in [5.74, 6) is 0.366. The third kappa shape index (κ3) is 5.13. The molecule has 0 bridgehead atoms. The molecular formula is C15H21F2NO3. The summed E-state index contributed by atoms with van der Waals surface area (Å²) in [4.78, 5) is 5.56. The molecule has 0 radical (unpaired) electrons. The molecule has 0 atom stereocenters. The van der Waals surface area contributed by atoms with E-state index in [0.717, 1.165) is 18.4 Å². The van der Waals surface area contributed by atoms with E-state index in [2.05, 4.69) is 10.2 Å². The Balaban J connectivity index is 1.91. The van der Waals surface area contributed by atoms with Gasteiger partial charge in [0, 0.05) is 6.54 Å². The zero-order valence-electron chi connectivity index (χ0n) is 12.1. The van der Waals surface area contributed by atoms with Gasteiger partial charge in [-0.2, -0.15) is 14.3 Å². The van der Waals surface area contributed by atoms with Crippen LogP contribution in [0.3, 0.4) is 0 Å². The Bertz CT molecular complexity index is 437. The largest absolute Gasteiger partial charge is 0.490 e. The highest BCUT2D eigenvalue weighted by atomic mass is 19.3. The standard InChI is InChI=1S/C15H21F2NO3/c1-2-19-14-9-11(7-8-13(14)20-15(16)17)10-18-21-12-5-3-4-6-12/h7-9,12,15,18H,2-6,10H2,1H3. The van der Waals surface area contributed by atoms with Gasteiger partial charge in [-0.3, -0.25) is 4.84 Å². The minimum absolute atomic E-state index is 0.0484. The molecule has 1 saturated carbocycles. The highest BCUT2D eigenvalue weighted by Crippen LogP contribution is 2.30. The van der Waals surface area contributed by atoms with E-state index in [0.29, 0.717) is 18.9 Å². The topological polar surface area (TPSA) is 39.7 Å². The number of rotatable bonds is 8. The monoisotopic (exact) mass is 301 g/mol. The second-order valence-corrected chi connectivity index (χ2v) is 4.94. The first kappa shape index (κ1) is 16.0. The summed E-state index contributed by atoms with van der Waals surface area (Å²) in [7, 11) is 0. The molecule has 6 heteroatoms. The predicted molar refractivity (Wildman–Crippen MR) is 74.4 cm³/mol. The molecule has 0 spiro atoms. The molecule has 0 aromatic heterocycles. The summed E-state index contributed by atoms with van der Waals surface area (Å²) in [6.07, 6.45) is 4.86. The average Bonchev–Trinajstić information content (AvgIpc) is 2.94. The summed E-state index contributed by atoms with van der Waals surface area (Å²) in [5.41, 5.74) is 3.82. The molecule has 1 aromatic carbocycles. The van der Waals surface area contributed by atoms with Gasteiger partial charge in [0.15, 0.2) is 11.5 Å². The minimum atomic E-state index is -2.86. The quantitative estimate of drug-likeness (QED) is 0.744. The Morgan fingerprint density at radius 1 is 1.24 bits per heavy atom. The number of hydroxylamine groups is 1. The Hall–Kier alpha value is -1.40. The molecule has 1 aliphatic rings. The van der Waals surface area contributed by atoms with Crippen LogP contribution >= 0.6 is 0 Å². The first-order valence-electron chi connectivity index (χ1n) is 7.28. The normalized spacial score (nSPS) is 15.6. The lowest BCUT2D eigenvalue weighted by molar-refractivity contribution is -0.0515. The van der Waals surface area contributed by atoms with Crippen molar-refractivity contribution in [3.8, 4) is 11.5 Å². The lowest BCUT2D eigenvalue weighted by Crippen LogP contribution is -2.21. The number of benzene rings is 1. The van der Waals surface area contributed by atoms with Crippen LogP contribution in [0.2, 0.25) is 0 Å². The van der Waals surface area contributed by atoms with E-state index >= 15 is 0 Å². The SMILES string of the molecule is CCOc1cc(CNOC2CCCC2)ccc1OC(F)F. The van der Waals surface area contributed by atoms with Gasteiger partial charge in [0.25, 0.3) is 0 Å². The highest BCUT2D eigenvalue weighted by molar-refractivity contribution is 5.43. The van der Waals surface area contributed by atoms with Gasteiger partial charge in [-0.15, -0.1) is 0 Å². The van der Waals surface area contributed by atoms with E-state index < -0.39 is 6.61 Å². The van der Waals surface area contributed by atoms with Gasteiger partial charge < -0.3 is 9.47 Å². The van der Waals surface area contributed by atoms with Crippen molar-refractivity contribution in [2.75, 3.05) is 6.61 Å². The van der Waals surface area contributed by atoms with Gasteiger partial charge in [0.1, 0.15) is 0 Å². The minimum Gasteiger partial charge on any atom is -0.490 e. The number of ether oxygens (including phenoxy) is 2. The van der Waals surface area contributed by atoms with Crippen molar-refractivity contribution >= 4 is 0 Å². The van der Waals surface area contributed by atoms with E-state index in [1.165, 1.54) is 18.9 Å². The Labute approximate surface area is 123 Å². The molecule has 0 saturated heterocycles. The first-order valence-corrected chi connectivity index (χ1v) is 7.28. The number of nitrogens with one attached hydrogen (secondary N) is 1. The molecule has 0 amide bonds. The van der Waals surface area contributed by atoms with Crippen molar-refractivity contribution in [3.05, 3.63) is 23.8 Å². The number of hydrogen-bond donors (Lipinski definition) is 1. The van der Waals surface area contributed by atoms with E-state index in [-0.39, 0.29) is 11.9 Å². The fourth-order valence-electron chi connectivity index (χ4n) is 2.37.